The van der Waals surface area contributed by atoms with Crippen molar-refractivity contribution in [1.82, 2.24) is 0 Å². The van der Waals surface area contributed by atoms with E-state index in [0.29, 0.717) is 12.8 Å². The number of hydrogen-bond donors (Lipinski definition) is 2. The van der Waals surface area contributed by atoms with Gasteiger partial charge in [-0.25, -0.2) is 0 Å². The van der Waals surface area contributed by atoms with Crippen LogP contribution >= 0.6 is 0 Å². The van der Waals surface area contributed by atoms with Crippen LogP contribution in [0.1, 0.15) is 31.4 Å². The smallest absolute Gasteiger partial charge is 0.0791 e. The summed E-state index contributed by atoms with van der Waals surface area (Å²) < 4.78 is 0. The molecule has 72 valence electrons. The molecule has 0 amide bonds. The maximum absolute atomic E-state index is 9.66. The molecule has 0 heterocycles. The highest BCUT2D eigenvalue weighted by Gasteiger charge is 2.07. The van der Waals surface area contributed by atoms with E-state index in [2.05, 4.69) is 0 Å². The minimum atomic E-state index is -0.448. The number of aliphatic hydroxyl groups is 2. The predicted molar refractivity (Wildman–Crippen MR) is 52.3 cm³/mol. The van der Waals surface area contributed by atoms with Crippen LogP contribution in [0.4, 0.5) is 0 Å². The molecule has 1 rings (SSSR count). The van der Waals surface area contributed by atoms with Gasteiger partial charge in [-0.15, -0.1) is 0 Å². The van der Waals surface area contributed by atoms with E-state index in [1.807, 2.05) is 30.3 Å². The number of rotatable bonds is 4. The van der Waals surface area contributed by atoms with Crippen molar-refractivity contribution < 1.29 is 10.2 Å². The van der Waals surface area contributed by atoms with E-state index in [1.54, 1.807) is 6.92 Å². The van der Waals surface area contributed by atoms with Gasteiger partial charge in [0.05, 0.1) is 12.2 Å². The Morgan fingerprint density at radius 3 is 2.23 bits per heavy atom. The van der Waals surface area contributed by atoms with Crippen molar-refractivity contribution in [2.24, 2.45) is 0 Å². The van der Waals surface area contributed by atoms with E-state index in [9.17, 15) is 5.11 Å². The Morgan fingerprint density at radius 2 is 1.69 bits per heavy atom. The number of aliphatic hydroxyl groups excluding tert-OH is 2. The molecule has 0 radical (unpaired) electrons. The second-order valence-corrected chi connectivity index (χ2v) is 3.35. The molecule has 1 aromatic rings. The summed E-state index contributed by atoms with van der Waals surface area (Å²) in [4.78, 5) is 0. The Morgan fingerprint density at radius 1 is 1.08 bits per heavy atom. The lowest BCUT2D eigenvalue weighted by atomic mass is 10.0. The van der Waals surface area contributed by atoms with Crippen molar-refractivity contribution >= 4 is 0 Å². The van der Waals surface area contributed by atoms with Crippen LogP contribution in [0.25, 0.3) is 0 Å². The molecule has 0 aliphatic heterocycles. The van der Waals surface area contributed by atoms with Gasteiger partial charge in [0, 0.05) is 0 Å². The second-order valence-electron chi connectivity index (χ2n) is 3.35. The molecule has 0 spiro atoms. The van der Waals surface area contributed by atoms with E-state index in [4.69, 9.17) is 5.11 Å². The zero-order chi connectivity index (χ0) is 9.68. The maximum atomic E-state index is 9.66. The molecule has 0 fully saturated rings. The molecule has 0 aliphatic rings. The lowest BCUT2D eigenvalue weighted by molar-refractivity contribution is 0.123. The van der Waals surface area contributed by atoms with Gasteiger partial charge in [-0.2, -0.15) is 0 Å². The third kappa shape index (κ3) is 3.57. The maximum Gasteiger partial charge on any atom is 0.0791 e. The van der Waals surface area contributed by atoms with Gasteiger partial charge in [0.25, 0.3) is 0 Å². The summed E-state index contributed by atoms with van der Waals surface area (Å²) in [5.74, 6) is 0. The van der Waals surface area contributed by atoms with Crippen molar-refractivity contribution in [1.29, 1.82) is 0 Å². The molecular formula is C11H16O2. The van der Waals surface area contributed by atoms with E-state index in [-0.39, 0.29) is 6.10 Å². The third-order valence-electron chi connectivity index (χ3n) is 2.04. The Bertz CT molecular complexity index is 231. The van der Waals surface area contributed by atoms with Crippen molar-refractivity contribution in [3.05, 3.63) is 35.9 Å². The van der Waals surface area contributed by atoms with Gasteiger partial charge in [0.15, 0.2) is 0 Å². The summed E-state index contributed by atoms with van der Waals surface area (Å²) in [6, 6.07) is 9.52. The highest BCUT2D eigenvalue weighted by atomic mass is 16.3. The van der Waals surface area contributed by atoms with Gasteiger partial charge < -0.3 is 10.2 Å². The summed E-state index contributed by atoms with van der Waals surface area (Å²) in [5, 5.41) is 18.7. The van der Waals surface area contributed by atoms with E-state index in [0.717, 1.165) is 5.56 Å². The summed E-state index contributed by atoms with van der Waals surface area (Å²) in [6.45, 7) is 1.73. The van der Waals surface area contributed by atoms with Gasteiger partial charge in [-0.1, -0.05) is 30.3 Å². The van der Waals surface area contributed by atoms with E-state index in [1.165, 1.54) is 0 Å². The van der Waals surface area contributed by atoms with E-state index >= 15 is 0 Å². The lowest BCUT2D eigenvalue weighted by Gasteiger charge is -2.11. The highest BCUT2D eigenvalue weighted by molar-refractivity contribution is 5.16. The summed E-state index contributed by atoms with van der Waals surface area (Å²) >= 11 is 0. The Balaban J connectivity index is 2.44. The molecule has 0 aromatic heterocycles. The van der Waals surface area contributed by atoms with Crippen LogP contribution in [0.15, 0.2) is 30.3 Å². The fourth-order valence-corrected chi connectivity index (χ4v) is 1.24. The molecule has 2 heteroatoms. The largest absolute Gasteiger partial charge is 0.393 e. The van der Waals surface area contributed by atoms with Crippen molar-refractivity contribution in [3.63, 3.8) is 0 Å². The van der Waals surface area contributed by atoms with Crippen LogP contribution in [0.2, 0.25) is 0 Å². The fourth-order valence-electron chi connectivity index (χ4n) is 1.24. The average molecular weight is 180 g/mol. The first-order valence-corrected chi connectivity index (χ1v) is 4.61. The van der Waals surface area contributed by atoms with Crippen molar-refractivity contribution in [2.45, 2.75) is 32.0 Å². The number of hydrogen-bond acceptors (Lipinski definition) is 2. The predicted octanol–water partition coefficient (Wildman–Crippen LogP) is 1.88. The van der Waals surface area contributed by atoms with Crippen LogP contribution in [0.3, 0.4) is 0 Å². The first-order chi connectivity index (χ1) is 6.20. The van der Waals surface area contributed by atoms with Gasteiger partial charge >= 0.3 is 0 Å². The molecule has 2 N–H and O–H groups in total. The third-order valence-corrected chi connectivity index (χ3v) is 2.04. The fraction of sp³-hybridized carbons (Fsp3) is 0.455. The summed E-state index contributed by atoms with van der Waals surface area (Å²) in [6.07, 6.45) is 0.465. The topological polar surface area (TPSA) is 40.5 Å². The standard InChI is InChI=1S/C11H16O2/c1-9(12)7-8-11(13)10-5-3-2-4-6-10/h2-6,9,11-13H,7-8H2,1H3/t9-,11-/m1/s1. The molecule has 13 heavy (non-hydrogen) atoms. The van der Waals surface area contributed by atoms with Gasteiger partial charge in [-0.3, -0.25) is 0 Å². The molecule has 0 aliphatic carbocycles. The summed E-state index contributed by atoms with van der Waals surface area (Å²) in [7, 11) is 0. The van der Waals surface area contributed by atoms with Crippen molar-refractivity contribution in [2.75, 3.05) is 0 Å². The van der Waals surface area contributed by atoms with Crippen LogP contribution in [0.5, 0.6) is 0 Å². The first-order valence-electron chi connectivity index (χ1n) is 4.61. The zero-order valence-electron chi connectivity index (χ0n) is 7.85. The molecule has 0 saturated heterocycles. The molecule has 0 bridgehead atoms. The zero-order valence-corrected chi connectivity index (χ0v) is 7.85. The Hall–Kier alpha value is -0.860. The normalized spacial score (nSPS) is 15.3. The molecular weight excluding hydrogens is 164 g/mol. The molecule has 0 saturated carbocycles. The van der Waals surface area contributed by atoms with E-state index < -0.39 is 6.10 Å². The van der Waals surface area contributed by atoms with Crippen LogP contribution in [-0.2, 0) is 0 Å². The van der Waals surface area contributed by atoms with Crippen LogP contribution in [-0.4, -0.2) is 16.3 Å². The quantitative estimate of drug-likeness (QED) is 0.742. The van der Waals surface area contributed by atoms with Gasteiger partial charge in [-0.05, 0) is 25.3 Å². The Labute approximate surface area is 78.8 Å². The van der Waals surface area contributed by atoms with Gasteiger partial charge in [0.1, 0.15) is 0 Å². The molecule has 1 aromatic carbocycles. The monoisotopic (exact) mass is 180 g/mol. The molecule has 0 unspecified atom stereocenters. The number of benzene rings is 1. The van der Waals surface area contributed by atoms with Crippen LogP contribution < -0.4 is 0 Å². The average Bonchev–Trinajstić information content (AvgIpc) is 2.15. The SMILES string of the molecule is C[C@@H](O)CC[C@@H](O)c1ccccc1. The summed E-state index contributed by atoms with van der Waals surface area (Å²) in [5.41, 5.74) is 0.920. The second kappa shape index (κ2) is 5.00. The Kier molecular flexibility index (Phi) is 3.93. The van der Waals surface area contributed by atoms with Gasteiger partial charge in [0.2, 0.25) is 0 Å². The first kappa shape index (κ1) is 10.2. The minimum absolute atomic E-state index is 0.335. The molecule has 2 atom stereocenters. The molecule has 2 nitrogen and oxygen atoms in total. The minimum Gasteiger partial charge on any atom is -0.393 e. The highest BCUT2D eigenvalue weighted by Crippen LogP contribution is 2.18. The lowest BCUT2D eigenvalue weighted by Crippen LogP contribution is -2.04. The van der Waals surface area contributed by atoms with Crippen LogP contribution in [0, 0.1) is 0 Å². The van der Waals surface area contributed by atoms with Crippen molar-refractivity contribution in [3.8, 4) is 0 Å².